The number of carbonyl (C=O) groups excluding carboxylic acids is 2. The van der Waals surface area contributed by atoms with Gasteiger partial charge in [-0.3, -0.25) is 9.59 Å². The molecule has 2 heterocycles. The average molecular weight is 777 g/mol. The molecule has 10 rings (SSSR count). The predicted octanol–water partition coefficient (Wildman–Crippen LogP) is 11.9. The minimum atomic E-state index is 0.0594. The summed E-state index contributed by atoms with van der Waals surface area (Å²) in [6.45, 7) is 0. The van der Waals surface area contributed by atoms with Crippen molar-refractivity contribution < 1.29 is 18.4 Å². The van der Waals surface area contributed by atoms with Gasteiger partial charge in [-0.05, 0) is 81.7 Å². The molecule has 0 spiro atoms. The van der Waals surface area contributed by atoms with E-state index in [1.54, 1.807) is 0 Å². The van der Waals surface area contributed by atoms with E-state index >= 15 is 0 Å². The molecule has 0 aliphatic heterocycles. The lowest BCUT2D eigenvalue weighted by Crippen LogP contribution is -1.95. The molecule has 6 aromatic carbocycles. The number of hydrogen-bond donors (Lipinski definition) is 0. The molecule has 0 N–H and O–H groups in total. The Morgan fingerprint density at radius 2 is 0.978 bits per heavy atom. The minimum Gasteiger partial charge on any atom is -0.456 e. The molecule has 0 saturated carbocycles. The zero-order valence-electron chi connectivity index (χ0n) is 23.1. The Morgan fingerprint density at radius 3 is 1.64 bits per heavy atom. The van der Waals surface area contributed by atoms with E-state index in [2.05, 4.69) is 47.8 Å². The van der Waals surface area contributed by atoms with E-state index in [0.717, 1.165) is 102 Å². The normalized spacial score (nSPS) is 12.9. The summed E-state index contributed by atoms with van der Waals surface area (Å²) in [5.41, 5.74) is 10.2. The molecule has 7 heteroatoms. The van der Waals surface area contributed by atoms with Crippen molar-refractivity contribution in [2.45, 2.75) is 0 Å². The Kier molecular flexibility index (Phi) is 5.92. The maximum atomic E-state index is 12.8. The van der Waals surface area contributed by atoms with Crippen molar-refractivity contribution in [3.05, 3.63) is 139 Å². The lowest BCUT2D eigenvalue weighted by molar-refractivity contribution is 0.103. The van der Waals surface area contributed by atoms with Crippen LogP contribution in [0.2, 0.25) is 0 Å². The minimum absolute atomic E-state index is 0.0594. The molecule has 4 nitrogen and oxygen atoms in total. The number of para-hydroxylation sites is 2. The standard InChI is InChI=1S/C19H8Br2O2.C19H9BrO2/c20-9-5-6-10-12(7-9)18(22)13-8-14(21)19-17(16(10)13)11-3-1-2-4-15(11)23-19;20-10-5-6-11-14(9-10)19(21)13-7-8-16-18(17(11)13)12-3-1-2-4-15(12)22-16/h1-8H;1-9H. The van der Waals surface area contributed by atoms with E-state index in [9.17, 15) is 9.59 Å². The highest BCUT2D eigenvalue weighted by Gasteiger charge is 2.32. The molecule has 0 fully saturated rings. The molecule has 0 amide bonds. The number of halogens is 3. The summed E-state index contributed by atoms with van der Waals surface area (Å²) in [6, 6.07) is 33.3. The zero-order valence-corrected chi connectivity index (χ0v) is 27.8. The van der Waals surface area contributed by atoms with Crippen molar-refractivity contribution in [2.75, 3.05) is 0 Å². The number of fused-ring (bicyclic) bond motifs is 14. The van der Waals surface area contributed by atoms with Gasteiger partial charge in [-0.15, -0.1) is 0 Å². The summed E-state index contributed by atoms with van der Waals surface area (Å²) in [5, 5.41) is 4.11. The molecule has 2 aliphatic carbocycles. The lowest BCUT2D eigenvalue weighted by atomic mass is 9.99. The van der Waals surface area contributed by atoms with Crippen LogP contribution in [0.5, 0.6) is 0 Å². The third-order valence-corrected chi connectivity index (χ3v) is 10.2. The Morgan fingerprint density at radius 1 is 0.444 bits per heavy atom. The Bertz CT molecular complexity index is 2630. The second kappa shape index (κ2) is 9.85. The van der Waals surface area contributed by atoms with Crippen LogP contribution in [-0.2, 0) is 0 Å². The Balaban J connectivity index is 0.000000125. The van der Waals surface area contributed by atoms with Crippen LogP contribution in [-0.4, -0.2) is 11.6 Å². The number of benzene rings is 6. The van der Waals surface area contributed by atoms with Crippen LogP contribution in [0.4, 0.5) is 0 Å². The van der Waals surface area contributed by atoms with Crippen molar-refractivity contribution in [3.63, 3.8) is 0 Å². The van der Waals surface area contributed by atoms with Gasteiger partial charge < -0.3 is 8.83 Å². The van der Waals surface area contributed by atoms with Crippen LogP contribution in [0.15, 0.2) is 125 Å². The van der Waals surface area contributed by atoms with Gasteiger partial charge in [0.2, 0.25) is 0 Å². The predicted molar refractivity (Wildman–Crippen MR) is 188 cm³/mol. The van der Waals surface area contributed by atoms with Gasteiger partial charge in [-0.2, -0.15) is 0 Å². The van der Waals surface area contributed by atoms with Crippen LogP contribution >= 0.6 is 47.8 Å². The monoisotopic (exact) mass is 774 g/mol. The first kappa shape index (κ1) is 27.0. The van der Waals surface area contributed by atoms with Gasteiger partial charge in [0.1, 0.15) is 22.3 Å². The Labute approximate surface area is 281 Å². The molecule has 2 aromatic heterocycles. The van der Waals surface area contributed by atoms with Crippen molar-refractivity contribution in [1.82, 2.24) is 0 Å². The summed E-state index contributed by atoms with van der Waals surface area (Å²) in [6.07, 6.45) is 0. The SMILES string of the molecule is O=C1c2cc(Br)ccc2-c2c1cc(Br)c1oc3ccccc3c21.O=C1c2cc(Br)ccc2-c2c1ccc1oc3ccccc3c21. The Hall–Kier alpha value is -4.30. The van der Waals surface area contributed by atoms with E-state index in [-0.39, 0.29) is 11.6 Å². The molecular formula is C38H17Br3O4. The molecule has 0 atom stereocenters. The summed E-state index contributed by atoms with van der Waals surface area (Å²) in [4.78, 5) is 25.5. The fraction of sp³-hybridized carbons (Fsp3) is 0. The maximum Gasteiger partial charge on any atom is 0.194 e. The third-order valence-electron chi connectivity index (χ3n) is 8.63. The second-order valence-corrected chi connectivity index (χ2v) is 13.8. The van der Waals surface area contributed by atoms with Crippen molar-refractivity contribution in [3.8, 4) is 22.3 Å². The average Bonchev–Trinajstić information content (AvgIpc) is 3.77. The van der Waals surface area contributed by atoms with Crippen molar-refractivity contribution in [1.29, 1.82) is 0 Å². The smallest absolute Gasteiger partial charge is 0.194 e. The van der Waals surface area contributed by atoms with Crippen LogP contribution in [0.3, 0.4) is 0 Å². The molecule has 8 aromatic rings. The van der Waals surface area contributed by atoms with E-state index in [1.807, 2.05) is 103 Å². The van der Waals surface area contributed by atoms with Gasteiger partial charge in [-0.1, -0.05) is 80.4 Å². The van der Waals surface area contributed by atoms with E-state index in [1.165, 1.54) is 0 Å². The second-order valence-electron chi connectivity index (χ2n) is 11.1. The fourth-order valence-electron chi connectivity index (χ4n) is 6.74. The van der Waals surface area contributed by atoms with Gasteiger partial charge in [0, 0.05) is 63.9 Å². The summed E-state index contributed by atoms with van der Waals surface area (Å²) in [7, 11) is 0. The summed E-state index contributed by atoms with van der Waals surface area (Å²) >= 11 is 10.5. The number of furan rings is 2. The molecule has 0 bridgehead atoms. The first-order valence-corrected chi connectivity index (χ1v) is 16.5. The highest BCUT2D eigenvalue weighted by molar-refractivity contribution is 9.11. The molecular weight excluding hydrogens is 760 g/mol. The highest BCUT2D eigenvalue weighted by Crippen LogP contribution is 2.48. The summed E-state index contributed by atoms with van der Waals surface area (Å²) < 4.78 is 14.6. The first-order valence-electron chi connectivity index (χ1n) is 14.2. The van der Waals surface area contributed by atoms with Crippen LogP contribution in [0.1, 0.15) is 31.8 Å². The quantitative estimate of drug-likeness (QED) is 0.154. The number of carbonyl (C=O) groups is 2. The van der Waals surface area contributed by atoms with Gasteiger partial charge in [0.25, 0.3) is 0 Å². The van der Waals surface area contributed by atoms with E-state index in [0.29, 0.717) is 0 Å². The van der Waals surface area contributed by atoms with Crippen molar-refractivity contribution in [2.24, 2.45) is 0 Å². The molecule has 214 valence electrons. The highest BCUT2D eigenvalue weighted by atomic mass is 79.9. The molecule has 45 heavy (non-hydrogen) atoms. The fourth-order valence-corrected chi connectivity index (χ4v) is 7.97. The maximum absolute atomic E-state index is 12.8. The number of ketones is 2. The van der Waals surface area contributed by atoms with Gasteiger partial charge in [-0.25, -0.2) is 0 Å². The molecule has 0 radical (unpaired) electrons. The van der Waals surface area contributed by atoms with Crippen molar-refractivity contribution >= 4 is 103 Å². The topological polar surface area (TPSA) is 60.4 Å². The van der Waals surface area contributed by atoms with E-state index < -0.39 is 0 Å². The van der Waals surface area contributed by atoms with Crippen LogP contribution in [0.25, 0.3) is 66.1 Å². The molecule has 2 aliphatic rings. The largest absolute Gasteiger partial charge is 0.456 e. The van der Waals surface area contributed by atoms with E-state index in [4.69, 9.17) is 8.83 Å². The lowest BCUT2D eigenvalue weighted by Gasteiger charge is -2.04. The zero-order chi connectivity index (χ0) is 30.6. The van der Waals surface area contributed by atoms with Gasteiger partial charge in [0.05, 0.1) is 4.47 Å². The third kappa shape index (κ3) is 3.87. The van der Waals surface area contributed by atoms with Gasteiger partial charge >= 0.3 is 0 Å². The van der Waals surface area contributed by atoms with Gasteiger partial charge in [0.15, 0.2) is 11.6 Å². The molecule has 0 unspecified atom stereocenters. The molecule has 0 saturated heterocycles. The number of rotatable bonds is 0. The van der Waals surface area contributed by atoms with Crippen LogP contribution in [0, 0.1) is 0 Å². The first-order chi connectivity index (χ1) is 21.9. The number of hydrogen-bond acceptors (Lipinski definition) is 4. The summed E-state index contributed by atoms with van der Waals surface area (Å²) in [5.74, 6) is 0.141. The van der Waals surface area contributed by atoms with Crippen LogP contribution < -0.4 is 0 Å².